The van der Waals surface area contributed by atoms with Gasteiger partial charge in [-0.25, -0.2) is 0 Å². The second kappa shape index (κ2) is 10.9. The maximum atomic E-state index is 11.8. The van der Waals surface area contributed by atoms with Gasteiger partial charge in [0, 0.05) is 41.9 Å². The van der Waals surface area contributed by atoms with E-state index in [0.29, 0.717) is 12.6 Å². The summed E-state index contributed by atoms with van der Waals surface area (Å²) in [7, 11) is 0. The molecule has 28 heavy (non-hydrogen) atoms. The molecule has 2 aliphatic rings. The number of guanidine groups is 1. The van der Waals surface area contributed by atoms with Gasteiger partial charge in [-0.15, -0.1) is 0 Å². The number of rotatable bonds is 7. The zero-order valence-electron chi connectivity index (χ0n) is 17.0. The number of carbonyl (C=O) groups excluding carboxylic acids is 1. The van der Waals surface area contributed by atoms with E-state index in [1.807, 2.05) is 36.0 Å². The third-order valence-electron chi connectivity index (χ3n) is 5.80. The van der Waals surface area contributed by atoms with Crippen LogP contribution in [0.5, 0.6) is 0 Å². The van der Waals surface area contributed by atoms with E-state index in [0.717, 1.165) is 47.7 Å². The number of hydrogen-bond donors (Lipinski definition) is 2. The topological polar surface area (TPSA) is 70.7 Å². The first-order chi connectivity index (χ1) is 13.7. The van der Waals surface area contributed by atoms with E-state index < -0.39 is 0 Å². The van der Waals surface area contributed by atoms with Gasteiger partial charge in [0.25, 0.3) is 0 Å². The highest BCUT2D eigenvalue weighted by atomic mass is 32.2. The summed E-state index contributed by atoms with van der Waals surface area (Å²) in [5.74, 6) is 3.83. The third kappa shape index (κ3) is 5.74. The standard InChI is InChI=1S/C22H34N4OS/c1-17(27)19-7-4-9-20(16-19)25-22(24-12-15-28-14-11-23)26-13-5-8-18-6-2-3-10-21(18)26/h4,7,9,16,18,21H,2-3,5-6,8,10-15,23H2,1H3,(H,24,25). The first-order valence-electron chi connectivity index (χ1n) is 10.7. The molecular weight excluding hydrogens is 368 g/mol. The van der Waals surface area contributed by atoms with Crippen LogP contribution in [0.25, 0.3) is 0 Å². The molecule has 1 heterocycles. The molecule has 1 aromatic rings. The molecule has 1 aromatic carbocycles. The minimum Gasteiger partial charge on any atom is -0.339 e. The Morgan fingerprint density at radius 3 is 2.89 bits per heavy atom. The molecule has 5 nitrogen and oxygen atoms in total. The van der Waals surface area contributed by atoms with Crippen LogP contribution in [0, 0.1) is 5.92 Å². The molecule has 1 saturated carbocycles. The van der Waals surface area contributed by atoms with E-state index in [1.54, 1.807) is 6.92 Å². The van der Waals surface area contributed by atoms with Crippen molar-refractivity contribution in [3.63, 3.8) is 0 Å². The molecule has 0 amide bonds. The van der Waals surface area contributed by atoms with Crippen molar-refractivity contribution in [3.05, 3.63) is 29.8 Å². The highest BCUT2D eigenvalue weighted by molar-refractivity contribution is 7.99. The molecule has 0 radical (unpaired) electrons. The summed E-state index contributed by atoms with van der Waals surface area (Å²) in [4.78, 5) is 19.2. The zero-order chi connectivity index (χ0) is 19.8. The second-order valence-corrected chi connectivity index (χ2v) is 9.04. The fourth-order valence-corrected chi connectivity index (χ4v) is 5.03. The van der Waals surface area contributed by atoms with E-state index in [2.05, 4.69) is 10.2 Å². The Hall–Kier alpha value is -1.53. The van der Waals surface area contributed by atoms with Crippen molar-refractivity contribution in [1.82, 2.24) is 4.90 Å². The number of anilines is 1. The zero-order valence-corrected chi connectivity index (χ0v) is 17.8. The van der Waals surface area contributed by atoms with Gasteiger partial charge in [0.05, 0.1) is 6.54 Å². The monoisotopic (exact) mass is 402 g/mol. The van der Waals surface area contributed by atoms with Gasteiger partial charge in [-0.1, -0.05) is 25.0 Å². The summed E-state index contributed by atoms with van der Waals surface area (Å²) in [5.41, 5.74) is 7.27. The Balaban J connectivity index is 1.77. The maximum absolute atomic E-state index is 11.8. The molecule has 1 aliphatic heterocycles. The summed E-state index contributed by atoms with van der Waals surface area (Å²) >= 11 is 1.85. The molecular formula is C22H34N4OS. The smallest absolute Gasteiger partial charge is 0.198 e. The number of likely N-dealkylation sites (tertiary alicyclic amines) is 1. The number of ketones is 1. The molecule has 2 fully saturated rings. The van der Waals surface area contributed by atoms with Crippen molar-refractivity contribution in [2.45, 2.75) is 51.5 Å². The molecule has 2 atom stereocenters. The number of nitrogens with one attached hydrogen (secondary N) is 1. The van der Waals surface area contributed by atoms with Crippen LogP contribution in [0.2, 0.25) is 0 Å². The number of aliphatic imine (C=N–C) groups is 1. The molecule has 1 aliphatic carbocycles. The van der Waals surface area contributed by atoms with Crippen molar-refractivity contribution < 1.29 is 4.79 Å². The van der Waals surface area contributed by atoms with Crippen molar-refractivity contribution >= 4 is 29.2 Å². The number of nitrogens with zero attached hydrogens (tertiary/aromatic N) is 2. The Bertz CT molecular complexity index is 676. The summed E-state index contributed by atoms with van der Waals surface area (Å²) in [6.07, 6.45) is 7.88. The summed E-state index contributed by atoms with van der Waals surface area (Å²) in [6, 6.07) is 8.36. The van der Waals surface area contributed by atoms with Crippen LogP contribution in [0.3, 0.4) is 0 Å². The Kier molecular flexibility index (Phi) is 8.22. The van der Waals surface area contributed by atoms with Crippen LogP contribution in [0.15, 0.2) is 29.3 Å². The molecule has 0 bridgehead atoms. The fraction of sp³-hybridized carbons (Fsp3) is 0.636. The minimum atomic E-state index is 0.0886. The van der Waals surface area contributed by atoms with Gasteiger partial charge < -0.3 is 16.0 Å². The summed E-state index contributed by atoms with van der Waals surface area (Å²) in [6.45, 7) is 4.18. The van der Waals surface area contributed by atoms with Gasteiger partial charge >= 0.3 is 0 Å². The van der Waals surface area contributed by atoms with Crippen molar-refractivity contribution in [1.29, 1.82) is 0 Å². The Morgan fingerprint density at radius 2 is 2.07 bits per heavy atom. The molecule has 154 valence electrons. The number of carbonyl (C=O) groups is 1. The number of fused-ring (bicyclic) bond motifs is 1. The second-order valence-electron chi connectivity index (χ2n) is 7.82. The lowest BCUT2D eigenvalue weighted by Gasteiger charge is -2.45. The first kappa shape index (κ1) is 21.2. The van der Waals surface area contributed by atoms with Crippen molar-refractivity contribution in [2.75, 3.05) is 36.5 Å². The lowest BCUT2D eigenvalue weighted by atomic mass is 9.78. The van der Waals surface area contributed by atoms with Crippen LogP contribution >= 0.6 is 11.8 Å². The number of piperidine rings is 1. The molecule has 1 saturated heterocycles. The van der Waals surface area contributed by atoms with Crippen LogP contribution in [-0.2, 0) is 0 Å². The van der Waals surface area contributed by atoms with Crippen LogP contribution in [-0.4, -0.2) is 53.8 Å². The fourth-order valence-electron chi connectivity index (χ4n) is 4.44. The lowest BCUT2D eigenvalue weighted by molar-refractivity contribution is 0.101. The van der Waals surface area contributed by atoms with E-state index in [1.165, 1.54) is 38.5 Å². The lowest BCUT2D eigenvalue weighted by Crippen LogP contribution is -2.52. The first-order valence-corrected chi connectivity index (χ1v) is 11.8. The number of Topliss-reactive ketones (excluding diaryl/α,β-unsaturated/α-hetero) is 1. The van der Waals surface area contributed by atoms with E-state index in [-0.39, 0.29) is 5.78 Å². The predicted octanol–water partition coefficient (Wildman–Crippen LogP) is 4.00. The Morgan fingerprint density at radius 1 is 1.25 bits per heavy atom. The molecule has 3 rings (SSSR count). The number of hydrogen-bond acceptors (Lipinski definition) is 4. The normalized spacial score (nSPS) is 22.6. The van der Waals surface area contributed by atoms with Gasteiger partial charge in [-0.3, -0.25) is 9.79 Å². The third-order valence-corrected chi connectivity index (χ3v) is 6.80. The minimum absolute atomic E-state index is 0.0886. The van der Waals surface area contributed by atoms with Gasteiger partial charge in [0.2, 0.25) is 0 Å². The van der Waals surface area contributed by atoms with Crippen LogP contribution in [0.4, 0.5) is 5.69 Å². The van der Waals surface area contributed by atoms with E-state index in [4.69, 9.17) is 10.7 Å². The molecule has 0 aromatic heterocycles. The van der Waals surface area contributed by atoms with Crippen molar-refractivity contribution in [2.24, 2.45) is 16.6 Å². The SMILES string of the molecule is CC(=O)c1cccc(NC(=NCCSCCN)N2CCCC3CCCCC32)c1. The molecule has 0 spiro atoms. The molecule has 3 N–H and O–H groups in total. The summed E-state index contributed by atoms with van der Waals surface area (Å²) < 4.78 is 0. The predicted molar refractivity (Wildman–Crippen MR) is 120 cm³/mol. The summed E-state index contributed by atoms with van der Waals surface area (Å²) in [5, 5.41) is 3.56. The van der Waals surface area contributed by atoms with Gasteiger partial charge in [-0.05, 0) is 50.7 Å². The highest BCUT2D eigenvalue weighted by Crippen LogP contribution is 2.35. The van der Waals surface area contributed by atoms with Gasteiger partial charge in [0.15, 0.2) is 11.7 Å². The number of thioether (sulfide) groups is 1. The van der Waals surface area contributed by atoms with Crippen molar-refractivity contribution in [3.8, 4) is 0 Å². The van der Waals surface area contributed by atoms with Gasteiger partial charge in [0.1, 0.15) is 0 Å². The number of benzene rings is 1. The molecule has 6 heteroatoms. The molecule has 2 unspecified atom stereocenters. The highest BCUT2D eigenvalue weighted by Gasteiger charge is 2.34. The average Bonchev–Trinajstić information content (AvgIpc) is 2.72. The van der Waals surface area contributed by atoms with Crippen LogP contribution < -0.4 is 11.1 Å². The van der Waals surface area contributed by atoms with Crippen LogP contribution in [0.1, 0.15) is 55.8 Å². The quantitative estimate of drug-likeness (QED) is 0.312. The number of nitrogens with two attached hydrogens (primary N) is 1. The van der Waals surface area contributed by atoms with E-state index in [9.17, 15) is 4.79 Å². The largest absolute Gasteiger partial charge is 0.339 e. The maximum Gasteiger partial charge on any atom is 0.198 e. The van der Waals surface area contributed by atoms with Gasteiger partial charge in [-0.2, -0.15) is 11.8 Å². The van der Waals surface area contributed by atoms with E-state index >= 15 is 0 Å². The Labute approximate surface area is 173 Å². The average molecular weight is 403 g/mol.